The van der Waals surface area contributed by atoms with Gasteiger partial charge in [-0.2, -0.15) is 20.5 Å². The smallest absolute Gasteiger partial charge is 0.152 e. The first-order chi connectivity index (χ1) is 26.8. The van der Waals surface area contributed by atoms with Gasteiger partial charge >= 0.3 is 0 Å². The van der Waals surface area contributed by atoms with Crippen LogP contribution < -0.4 is 10.1 Å². The van der Waals surface area contributed by atoms with Crippen LogP contribution in [0.4, 0.5) is 45.5 Å². The zero-order chi connectivity index (χ0) is 38.7. The number of aryl methyl sites for hydroxylation is 3. The largest absolute Gasteiger partial charge is 0.505 e. The first-order valence-electron chi connectivity index (χ1n) is 16.3. The van der Waals surface area contributed by atoms with E-state index < -0.39 is 0 Å². The van der Waals surface area contributed by atoms with E-state index >= 15 is 0 Å². The molecule has 0 fully saturated rings. The molecular formula is C38H33N7O8S2. The third-order valence-corrected chi connectivity index (χ3v) is 9.29. The van der Waals surface area contributed by atoms with Gasteiger partial charge < -0.3 is 15.2 Å². The summed E-state index contributed by atoms with van der Waals surface area (Å²) in [5.74, 6) is 0.222. The molecule has 55 heavy (non-hydrogen) atoms. The SMILES string of the molecule is COc1cc(N=Nc2cc(C)c(N=Nc3ccc(SOOO)cc3)cc2C)c(C)cc1N=Nc1c(SOOO)cc2cc(Nc3ccccc3)ccc2c1O. The molecule has 0 saturated carbocycles. The lowest BCUT2D eigenvalue weighted by Gasteiger charge is -2.12. The maximum absolute atomic E-state index is 11.3. The second kappa shape index (κ2) is 18.5. The van der Waals surface area contributed by atoms with Gasteiger partial charge in [-0.25, -0.2) is 10.5 Å². The first-order valence-corrected chi connectivity index (χ1v) is 17.8. The van der Waals surface area contributed by atoms with Crippen molar-refractivity contribution in [1.29, 1.82) is 0 Å². The van der Waals surface area contributed by atoms with Crippen LogP contribution in [0.2, 0.25) is 0 Å². The van der Waals surface area contributed by atoms with Crippen molar-refractivity contribution in [3.05, 3.63) is 120 Å². The Bertz CT molecular complexity index is 2380. The number of phenols is 1. The molecule has 4 N–H and O–H groups in total. The number of phenolic OH excluding ortho intramolecular Hbond substituents is 1. The Balaban J connectivity index is 1.22. The molecule has 0 amide bonds. The first kappa shape index (κ1) is 38.9. The van der Waals surface area contributed by atoms with Gasteiger partial charge in [-0.05, 0) is 122 Å². The van der Waals surface area contributed by atoms with E-state index in [0.29, 0.717) is 66.8 Å². The summed E-state index contributed by atoms with van der Waals surface area (Å²) in [4.78, 5) is 1.04. The number of ether oxygens (including phenoxy) is 1. The number of rotatable bonds is 15. The summed E-state index contributed by atoms with van der Waals surface area (Å²) in [5, 5.41) is 67.0. The molecule has 6 rings (SSSR count). The minimum atomic E-state index is -0.148. The van der Waals surface area contributed by atoms with Crippen LogP contribution in [0.5, 0.6) is 11.5 Å². The normalized spacial score (nSPS) is 11.7. The molecule has 0 spiro atoms. The Labute approximate surface area is 323 Å². The number of anilines is 2. The molecule has 280 valence electrons. The molecule has 0 unspecified atom stereocenters. The molecule has 0 aromatic heterocycles. The van der Waals surface area contributed by atoms with Crippen molar-refractivity contribution in [3.8, 4) is 11.5 Å². The summed E-state index contributed by atoms with van der Waals surface area (Å²) >= 11 is 1.51. The number of nitrogens with one attached hydrogen (secondary N) is 1. The van der Waals surface area contributed by atoms with Gasteiger partial charge in [0.1, 0.15) is 17.1 Å². The molecule has 0 aliphatic carbocycles. The van der Waals surface area contributed by atoms with E-state index in [9.17, 15) is 5.11 Å². The van der Waals surface area contributed by atoms with Crippen molar-refractivity contribution in [2.45, 2.75) is 30.6 Å². The molecule has 0 aliphatic heterocycles. The van der Waals surface area contributed by atoms with Gasteiger partial charge in [-0.15, -0.1) is 18.9 Å². The average molecular weight is 780 g/mol. The van der Waals surface area contributed by atoms with E-state index in [0.717, 1.165) is 40.1 Å². The predicted molar refractivity (Wildman–Crippen MR) is 209 cm³/mol. The third-order valence-electron chi connectivity index (χ3n) is 8.07. The topological polar surface area (TPSA) is 193 Å². The van der Waals surface area contributed by atoms with Gasteiger partial charge in [-0.3, -0.25) is 0 Å². The van der Waals surface area contributed by atoms with Gasteiger partial charge in [0.15, 0.2) is 5.75 Å². The van der Waals surface area contributed by atoms with Crippen molar-refractivity contribution in [2.75, 3.05) is 12.4 Å². The maximum atomic E-state index is 11.3. The summed E-state index contributed by atoms with van der Waals surface area (Å²) in [6.45, 7) is 5.68. The number of azo groups is 3. The van der Waals surface area contributed by atoms with Gasteiger partial charge in [0.05, 0.1) is 58.8 Å². The van der Waals surface area contributed by atoms with Gasteiger partial charge in [0.2, 0.25) is 0 Å². The van der Waals surface area contributed by atoms with E-state index in [4.69, 9.17) is 19.6 Å². The van der Waals surface area contributed by atoms with Crippen LogP contribution >= 0.6 is 24.1 Å². The summed E-state index contributed by atoms with van der Waals surface area (Å²) in [7, 11) is 1.50. The number of hydrogen-bond donors (Lipinski definition) is 4. The lowest BCUT2D eigenvalue weighted by atomic mass is 10.1. The summed E-state index contributed by atoms with van der Waals surface area (Å²) in [6.07, 6.45) is 0. The van der Waals surface area contributed by atoms with E-state index in [1.54, 1.807) is 48.5 Å². The number of para-hydroxylation sites is 1. The van der Waals surface area contributed by atoms with Crippen LogP contribution in [0.3, 0.4) is 0 Å². The van der Waals surface area contributed by atoms with E-state index in [1.165, 1.54) is 7.11 Å². The zero-order valence-corrected chi connectivity index (χ0v) is 31.3. The molecule has 0 bridgehead atoms. The Kier molecular flexibility index (Phi) is 13.1. The fourth-order valence-electron chi connectivity index (χ4n) is 5.29. The molecule has 17 heteroatoms. The summed E-state index contributed by atoms with van der Waals surface area (Å²) in [6, 6.07) is 31.1. The Hall–Kier alpha value is -5.76. The lowest BCUT2D eigenvalue weighted by Crippen LogP contribution is -1.90. The second-order valence-electron chi connectivity index (χ2n) is 11.8. The van der Waals surface area contributed by atoms with Gasteiger partial charge in [-0.1, -0.05) is 28.3 Å². The number of methoxy groups -OCH3 is 1. The average Bonchev–Trinajstić information content (AvgIpc) is 3.19. The second-order valence-corrected chi connectivity index (χ2v) is 13.3. The van der Waals surface area contributed by atoms with E-state index in [-0.39, 0.29) is 11.4 Å². The highest BCUT2D eigenvalue weighted by atomic mass is 32.2. The molecule has 0 heterocycles. The fraction of sp³-hybridized carbons (Fsp3) is 0.105. The van der Waals surface area contributed by atoms with Crippen LogP contribution in [0, 0.1) is 20.8 Å². The standard InChI is InChI=1S/C38H33N7O8S2/c1-22-17-32(23(2)16-31(22)41-40-27-10-13-29(14-11-27)54-52-50-47)42-43-33-21-35(49-4)34(18-24(33)3)44-45-37-36(55-53-51-48)20-25-19-28(12-15-30(25)38(37)46)39-26-8-6-5-7-9-26/h5-21,39,46-48H,1-4H3. The van der Waals surface area contributed by atoms with Crippen LogP contribution in [0.1, 0.15) is 16.7 Å². The molecular weight excluding hydrogens is 747 g/mol. The van der Waals surface area contributed by atoms with Crippen molar-refractivity contribution in [2.24, 2.45) is 30.7 Å². The van der Waals surface area contributed by atoms with Crippen molar-refractivity contribution in [1.82, 2.24) is 0 Å². The van der Waals surface area contributed by atoms with Gasteiger partial charge in [0.25, 0.3) is 0 Å². The third kappa shape index (κ3) is 9.87. The highest BCUT2D eigenvalue weighted by molar-refractivity contribution is 7.94. The van der Waals surface area contributed by atoms with Gasteiger partial charge in [0, 0.05) is 27.7 Å². The molecule has 0 radical (unpaired) electrons. The van der Waals surface area contributed by atoms with Crippen LogP contribution in [0.15, 0.2) is 144 Å². The van der Waals surface area contributed by atoms with Crippen molar-refractivity contribution in [3.63, 3.8) is 0 Å². The minimum absolute atomic E-state index is 0.0903. The van der Waals surface area contributed by atoms with Crippen LogP contribution in [-0.4, -0.2) is 22.7 Å². The van der Waals surface area contributed by atoms with Crippen LogP contribution in [0.25, 0.3) is 10.8 Å². The molecule has 15 nitrogen and oxygen atoms in total. The molecule has 0 atom stereocenters. The predicted octanol–water partition coefficient (Wildman–Crippen LogP) is 13.3. The lowest BCUT2D eigenvalue weighted by molar-refractivity contribution is -0.432. The van der Waals surface area contributed by atoms with Crippen molar-refractivity contribution >= 4 is 80.4 Å². The number of benzene rings is 6. The number of fused-ring (bicyclic) bond motifs is 1. The summed E-state index contributed by atoms with van der Waals surface area (Å²) < 4.78 is 14.8. The quantitative estimate of drug-likeness (QED) is 0.0335. The highest BCUT2D eigenvalue weighted by Crippen LogP contribution is 2.46. The minimum Gasteiger partial charge on any atom is -0.505 e. The Morgan fingerprint density at radius 1 is 0.582 bits per heavy atom. The monoisotopic (exact) mass is 779 g/mol. The Morgan fingerprint density at radius 2 is 1.18 bits per heavy atom. The van der Waals surface area contributed by atoms with Crippen molar-refractivity contribution < 1.29 is 39.1 Å². The fourth-order valence-corrected chi connectivity index (χ4v) is 6.14. The number of hydrogen-bond acceptors (Lipinski definition) is 17. The molecule has 0 aliphatic rings. The molecule has 0 saturated heterocycles. The Morgan fingerprint density at radius 3 is 1.84 bits per heavy atom. The van der Waals surface area contributed by atoms with E-state index in [1.807, 2.05) is 75.4 Å². The zero-order valence-electron chi connectivity index (χ0n) is 29.7. The van der Waals surface area contributed by atoms with E-state index in [2.05, 4.69) is 50.4 Å². The number of nitrogens with zero attached hydrogens (tertiary/aromatic N) is 6. The molecule has 6 aromatic rings. The summed E-state index contributed by atoms with van der Waals surface area (Å²) in [5.41, 5.74) is 7.11. The highest BCUT2D eigenvalue weighted by Gasteiger charge is 2.17. The van der Waals surface area contributed by atoms with Crippen LogP contribution in [-0.2, 0) is 18.7 Å². The number of aromatic hydroxyl groups is 1. The molecule has 6 aromatic carbocycles. The maximum Gasteiger partial charge on any atom is 0.152 e.